The molecule has 3 aromatic carbocycles. The van der Waals surface area contributed by atoms with Crippen LogP contribution in [0, 0.1) is 0 Å². The summed E-state index contributed by atoms with van der Waals surface area (Å²) < 4.78 is 0. The number of nitrogens with zero attached hydrogens (tertiary/aromatic N) is 1. The molecule has 4 nitrogen and oxygen atoms in total. The molecule has 8 heteroatoms. The lowest BCUT2D eigenvalue weighted by molar-refractivity contribution is -0.140. The summed E-state index contributed by atoms with van der Waals surface area (Å²) in [5.74, 6) is -0.298. The molecule has 0 radical (unpaired) electrons. The van der Waals surface area contributed by atoms with Crippen molar-refractivity contribution in [2.24, 2.45) is 0 Å². The number of hydrogen-bond donors (Lipinski definition) is 1. The molecular formula is C28H29Cl3N2O2S. The number of thioether (sulfide) groups is 1. The fourth-order valence-electron chi connectivity index (χ4n) is 3.62. The number of rotatable bonds is 9. The van der Waals surface area contributed by atoms with Crippen molar-refractivity contribution < 1.29 is 9.59 Å². The predicted octanol–water partition coefficient (Wildman–Crippen LogP) is 7.29. The summed E-state index contributed by atoms with van der Waals surface area (Å²) in [6, 6.07) is 21.4. The fraction of sp³-hybridized carbons (Fsp3) is 0.286. The van der Waals surface area contributed by atoms with Crippen molar-refractivity contribution in [3.8, 4) is 0 Å². The molecule has 0 saturated carbocycles. The Balaban J connectivity index is 1.97. The second kappa shape index (κ2) is 12.9. The van der Waals surface area contributed by atoms with Gasteiger partial charge in [-0.2, -0.15) is 0 Å². The Kier molecular flexibility index (Phi) is 10.1. The average molecular weight is 564 g/mol. The third-order valence-corrected chi connectivity index (χ3v) is 7.29. The number of benzene rings is 3. The van der Waals surface area contributed by atoms with Crippen LogP contribution in [-0.2, 0) is 22.6 Å². The van der Waals surface area contributed by atoms with E-state index in [0.717, 1.165) is 10.5 Å². The zero-order valence-electron chi connectivity index (χ0n) is 20.4. The number of amides is 2. The van der Waals surface area contributed by atoms with Crippen LogP contribution in [0.4, 0.5) is 0 Å². The molecule has 0 unspecified atom stereocenters. The monoisotopic (exact) mass is 562 g/mol. The molecule has 0 aliphatic rings. The Bertz CT molecular complexity index is 1160. The minimum absolute atomic E-state index is 0.105. The number of carbonyl (C=O) groups excluding carboxylic acids is 2. The molecule has 3 aromatic rings. The number of carbonyl (C=O) groups is 2. The Morgan fingerprint density at radius 1 is 0.889 bits per heavy atom. The van der Waals surface area contributed by atoms with Gasteiger partial charge in [0.1, 0.15) is 6.04 Å². The van der Waals surface area contributed by atoms with Crippen molar-refractivity contribution in [1.82, 2.24) is 10.2 Å². The first kappa shape index (κ1) is 28.4. The van der Waals surface area contributed by atoms with E-state index in [1.54, 1.807) is 35.2 Å². The van der Waals surface area contributed by atoms with Crippen LogP contribution < -0.4 is 5.32 Å². The van der Waals surface area contributed by atoms with E-state index in [0.29, 0.717) is 27.1 Å². The second-order valence-electron chi connectivity index (χ2n) is 9.41. The van der Waals surface area contributed by atoms with Crippen molar-refractivity contribution in [2.45, 2.75) is 50.2 Å². The van der Waals surface area contributed by atoms with Crippen LogP contribution in [0.2, 0.25) is 15.1 Å². The highest BCUT2D eigenvalue weighted by Crippen LogP contribution is 2.28. The van der Waals surface area contributed by atoms with Crippen molar-refractivity contribution in [2.75, 3.05) is 5.75 Å². The number of halogens is 3. The summed E-state index contributed by atoms with van der Waals surface area (Å²) in [7, 11) is 0. The van der Waals surface area contributed by atoms with E-state index in [4.69, 9.17) is 34.8 Å². The van der Waals surface area contributed by atoms with Gasteiger partial charge in [0.15, 0.2) is 0 Å². The Labute approximate surface area is 232 Å². The van der Waals surface area contributed by atoms with Gasteiger partial charge >= 0.3 is 0 Å². The molecule has 36 heavy (non-hydrogen) atoms. The first-order chi connectivity index (χ1) is 17.0. The van der Waals surface area contributed by atoms with Crippen LogP contribution in [0.5, 0.6) is 0 Å². The molecule has 1 N–H and O–H groups in total. The van der Waals surface area contributed by atoms with Crippen molar-refractivity contribution in [3.05, 3.63) is 99.0 Å². The topological polar surface area (TPSA) is 49.4 Å². The van der Waals surface area contributed by atoms with Gasteiger partial charge in [-0.15, -0.1) is 11.8 Å². The average Bonchev–Trinajstić information content (AvgIpc) is 2.82. The maximum absolute atomic E-state index is 13.7. The lowest BCUT2D eigenvalue weighted by Crippen LogP contribution is -2.54. The summed E-state index contributed by atoms with van der Waals surface area (Å²) in [6.07, 6.45) is 0.349. The summed E-state index contributed by atoms with van der Waals surface area (Å²) in [6.45, 7) is 5.85. The van der Waals surface area contributed by atoms with E-state index in [-0.39, 0.29) is 24.1 Å². The van der Waals surface area contributed by atoms with Crippen molar-refractivity contribution >= 4 is 58.4 Å². The van der Waals surface area contributed by atoms with Gasteiger partial charge in [0.25, 0.3) is 0 Å². The van der Waals surface area contributed by atoms with Gasteiger partial charge in [-0.3, -0.25) is 9.59 Å². The smallest absolute Gasteiger partial charge is 0.243 e. The van der Waals surface area contributed by atoms with Crippen LogP contribution in [0.1, 0.15) is 31.9 Å². The highest BCUT2D eigenvalue weighted by Gasteiger charge is 2.33. The van der Waals surface area contributed by atoms with E-state index in [9.17, 15) is 9.59 Å². The van der Waals surface area contributed by atoms with E-state index in [1.165, 1.54) is 11.8 Å². The van der Waals surface area contributed by atoms with Gasteiger partial charge in [0, 0.05) is 44.0 Å². The van der Waals surface area contributed by atoms with Gasteiger partial charge in [0.2, 0.25) is 11.8 Å². The van der Waals surface area contributed by atoms with E-state index in [1.807, 2.05) is 63.2 Å². The molecule has 0 spiro atoms. The van der Waals surface area contributed by atoms with Crippen LogP contribution in [0.3, 0.4) is 0 Å². The molecule has 1 atom stereocenters. The first-order valence-corrected chi connectivity index (χ1v) is 13.6. The normalized spacial score (nSPS) is 12.2. The van der Waals surface area contributed by atoms with Crippen LogP contribution in [-0.4, -0.2) is 34.0 Å². The lowest BCUT2D eigenvalue weighted by Gasteiger charge is -2.34. The third-order valence-electron chi connectivity index (χ3n) is 5.34. The van der Waals surface area contributed by atoms with Crippen molar-refractivity contribution in [1.29, 1.82) is 0 Å². The molecule has 0 bridgehead atoms. The lowest BCUT2D eigenvalue weighted by atomic mass is 10.0. The van der Waals surface area contributed by atoms with Gasteiger partial charge < -0.3 is 10.2 Å². The predicted molar refractivity (Wildman–Crippen MR) is 151 cm³/mol. The van der Waals surface area contributed by atoms with Gasteiger partial charge in [0.05, 0.1) is 5.75 Å². The molecule has 0 aliphatic heterocycles. The molecule has 0 fully saturated rings. The fourth-order valence-corrected chi connectivity index (χ4v) is 5.05. The number of nitrogens with one attached hydrogen (secondary N) is 1. The van der Waals surface area contributed by atoms with Gasteiger partial charge in [-0.05, 0) is 62.7 Å². The molecule has 0 aromatic heterocycles. The summed E-state index contributed by atoms with van der Waals surface area (Å²) in [5, 5.41) is 4.57. The molecular weight excluding hydrogens is 535 g/mol. The van der Waals surface area contributed by atoms with Gasteiger partial charge in [-0.1, -0.05) is 71.2 Å². The maximum atomic E-state index is 13.7. The quantitative estimate of drug-likeness (QED) is 0.278. The minimum atomic E-state index is -0.766. The standard InChI is InChI=1S/C28H29Cl3N2O2S/c1-28(2,3)32-27(35)25(16-19-8-5-4-6-9-19)33(17-22-23(30)10-7-11-24(22)31)26(34)18-36-21-14-12-20(29)13-15-21/h4-15,25H,16-18H2,1-3H3,(H,32,35)/t25-/m1/s1. The van der Waals surface area contributed by atoms with Crippen LogP contribution >= 0.6 is 46.6 Å². The van der Waals surface area contributed by atoms with Gasteiger partial charge in [-0.25, -0.2) is 0 Å². The highest BCUT2D eigenvalue weighted by atomic mass is 35.5. The second-order valence-corrected chi connectivity index (χ2v) is 11.7. The molecule has 190 valence electrons. The van der Waals surface area contributed by atoms with Crippen molar-refractivity contribution in [3.63, 3.8) is 0 Å². The van der Waals surface area contributed by atoms with E-state index < -0.39 is 11.6 Å². The summed E-state index contributed by atoms with van der Waals surface area (Å²) in [4.78, 5) is 29.8. The maximum Gasteiger partial charge on any atom is 0.243 e. The SMILES string of the molecule is CC(C)(C)NC(=O)[C@@H](Cc1ccccc1)N(Cc1c(Cl)cccc1Cl)C(=O)CSc1ccc(Cl)cc1. The molecule has 2 amide bonds. The molecule has 0 heterocycles. The summed E-state index contributed by atoms with van der Waals surface area (Å²) >= 11 is 20.3. The number of hydrogen-bond acceptors (Lipinski definition) is 3. The van der Waals surface area contributed by atoms with Crippen LogP contribution in [0.15, 0.2) is 77.7 Å². The Morgan fingerprint density at radius 3 is 2.08 bits per heavy atom. The zero-order valence-corrected chi connectivity index (χ0v) is 23.5. The van der Waals surface area contributed by atoms with Crippen LogP contribution in [0.25, 0.3) is 0 Å². The van der Waals surface area contributed by atoms with E-state index in [2.05, 4.69) is 5.32 Å². The zero-order chi connectivity index (χ0) is 26.3. The largest absolute Gasteiger partial charge is 0.350 e. The highest BCUT2D eigenvalue weighted by molar-refractivity contribution is 8.00. The minimum Gasteiger partial charge on any atom is -0.350 e. The first-order valence-electron chi connectivity index (χ1n) is 11.5. The molecule has 0 saturated heterocycles. The van der Waals surface area contributed by atoms with E-state index >= 15 is 0 Å². The third kappa shape index (κ3) is 8.45. The Hall–Kier alpha value is -2.18. The molecule has 0 aliphatic carbocycles. The Morgan fingerprint density at radius 2 is 1.50 bits per heavy atom. The molecule has 3 rings (SSSR count). The summed E-state index contributed by atoms with van der Waals surface area (Å²) in [5.41, 5.74) is 1.08.